The predicted molar refractivity (Wildman–Crippen MR) is 117 cm³/mol. The number of methoxy groups -OCH3 is 1. The van der Waals surface area contributed by atoms with Crippen molar-refractivity contribution in [3.05, 3.63) is 53.6 Å². The number of aliphatic carboxylic acids is 1. The molecule has 2 N–H and O–H groups in total. The fourth-order valence-corrected chi connectivity index (χ4v) is 3.11. The number of amides is 1. The summed E-state index contributed by atoms with van der Waals surface area (Å²) in [5, 5.41) is 11.4. The molecule has 162 valence electrons. The van der Waals surface area contributed by atoms with Crippen molar-refractivity contribution in [1.29, 1.82) is 0 Å². The van der Waals surface area contributed by atoms with Gasteiger partial charge in [-0.3, -0.25) is 9.59 Å². The normalized spacial score (nSPS) is 10.5. The van der Waals surface area contributed by atoms with Gasteiger partial charge in [-0.1, -0.05) is 44.4 Å². The SMILES string of the molecule is CCCCCCc1ccc(OCc2cccc(NC(=O)CCC(=O)O)c2)cc1OC. The summed E-state index contributed by atoms with van der Waals surface area (Å²) >= 11 is 0. The molecule has 6 nitrogen and oxygen atoms in total. The Morgan fingerprint density at radius 1 is 1.03 bits per heavy atom. The maximum absolute atomic E-state index is 11.8. The third-order valence-electron chi connectivity index (χ3n) is 4.74. The summed E-state index contributed by atoms with van der Waals surface area (Å²) in [6.45, 7) is 2.55. The molecule has 0 saturated heterocycles. The number of anilines is 1. The van der Waals surface area contributed by atoms with E-state index in [1.54, 1.807) is 13.2 Å². The average molecular weight is 414 g/mol. The molecule has 0 atom stereocenters. The lowest BCUT2D eigenvalue weighted by molar-refractivity contribution is -0.138. The minimum Gasteiger partial charge on any atom is -0.496 e. The second-order valence-electron chi connectivity index (χ2n) is 7.22. The number of hydrogen-bond acceptors (Lipinski definition) is 4. The number of carboxylic acids is 1. The summed E-state index contributed by atoms with van der Waals surface area (Å²) in [7, 11) is 1.67. The van der Waals surface area contributed by atoms with Gasteiger partial charge < -0.3 is 19.9 Å². The molecule has 2 aromatic rings. The van der Waals surface area contributed by atoms with Crippen molar-refractivity contribution in [1.82, 2.24) is 0 Å². The van der Waals surface area contributed by atoms with Crippen LogP contribution in [-0.4, -0.2) is 24.1 Å². The van der Waals surface area contributed by atoms with Crippen molar-refractivity contribution in [2.45, 2.75) is 58.5 Å². The Bertz CT molecular complexity index is 834. The molecular weight excluding hydrogens is 382 g/mol. The molecule has 0 fully saturated rings. The second-order valence-corrected chi connectivity index (χ2v) is 7.22. The number of unbranched alkanes of at least 4 members (excludes halogenated alkanes) is 3. The van der Waals surface area contributed by atoms with E-state index in [0.717, 1.165) is 29.9 Å². The van der Waals surface area contributed by atoms with Crippen LogP contribution in [0.2, 0.25) is 0 Å². The van der Waals surface area contributed by atoms with Gasteiger partial charge in [0.25, 0.3) is 0 Å². The maximum atomic E-state index is 11.8. The van der Waals surface area contributed by atoms with E-state index in [0.29, 0.717) is 12.3 Å². The third-order valence-corrected chi connectivity index (χ3v) is 4.74. The van der Waals surface area contributed by atoms with Crippen LogP contribution in [0.3, 0.4) is 0 Å². The first-order valence-electron chi connectivity index (χ1n) is 10.4. The van der Waals surface area contributed by atoms with E-state index < -0.39 is 5.97 Å². The van der Waals surface area contributed by atoms with Crippen molar-refractivity contribution >= 4 is 17.6 Å². The first kappa shape index (κ1) is 23.3. The molecule has 0 heterocycles. The largest absolute Gasteiger partial charge is 0.496 e. The highest BCUT2D eigenvalue weighted by Gasteiger charge is 2.08. The Balaban J connectivity index is 1.91. The summed E-state index contributed by atoms with van der Waals surface area (Å²) in [4.78, 5) is 22.4. The van der Waals surface area contributed by atoms with Gasteiger partial charge in [-0.25, -0.2) is 0 Å². The van der Waals surface area contributed by atoms with Crippen LogP contribution in [0.1, 0.15) is 56.6 Å². The van der Waals surface area contributed by atoms with E-state index in [1.807, 2.05) is 30.3 Å². The van der Waals surface area contributed by atoms with Crippen molar-refractivity contribution in [2.75, 3.05) is 12.4 Å². The molecule has 0 aliphatic carbocycles. The number of hydrogen-bond donors (Lipinski definition) is 2. The van der Waals surface area contributed by atoms with Crippen LogP contribution < -0.4 is 14.8 Å². The van der Waals surface area contributed by atoms with E-state index in [4.69, 9.17) is 14.6 Å². The lowest BCUT2D eigenvalue weighted by Gasteiger charge is -2.12. The summed E-state index contributed by atoms with van der Waals surface area (Å²) in [5.74, 6) is 0.243. The zero-order chi connectivity index (χ0) is 21.8. The van der Waals surface area contributed by atoms with Crippen LogP contribution in [0.25, 0.3) is 0 Å². The van der Waals surface area contributed by atoms with Gasteiger partial charge in [-0.2, -0.15) is 0 Å². The fourth-order valence-electron chi connectivity index (χ4n) is 3.11. The Morgan fingerprint density at radius 3 is 2.60 bits per heavy atom. The number of nitrogens with one attached hydrogen (secondary N) is 1. The van der Waals surface area contributed by atoms with E-state index in [2.05, 4.69) is 18.3 Å². The molecule has 0 unspecified atom stereocenters. The van der Waals surface area contributed by atoms with Gasteiger partial charge in [0, 0.05) is 18.2 Å². The Hall–Kier alpha value is -3.02. The fraction of sp³-hybridized carbons (Fsp3) is 0.417. The number of aryl methyl sites for hydroxylation is 1. The molecule has 6 heteroatoms. The number of carbonyl (C=O) groups is 2. The van der Waals surface area contributed by atoms with Gasteiger partial charge in [-0.15, -0.1) is 0 Å². The van der Waals surface area contributed by atoms with Gasteiger partial charge >= 0.3 is 5.97 Å². The molecule has 2 rings (SSSR count). The second kappa shape index (κ2) is 12.5. The van der Waals surface area contributed by atoms with E-state index in [9.17, 15) is 9.59 Å². The number of rotatable bonds is 13. The lowest BCUT2D eigenvalue weighted by atomic mass is 10.1. The Kier molecular flexibility index (Phi) is 9.71. The molecule has 0 aliphatic heterocycles. The zero-order valence-corrected chi connectivity index (χ0v) is 17.8. The lowest BCUT2D eigenvalue weighted by Crippen LogP contribution is -2.13. The molecule has 0 aromatic heterocycles. The van der Waals surface area contributed by atoms with Crippen molar-refractivity contribution in [3.63, 3.8) is 0 Å². The summed E-state index contributed by atoms with van der Waals surface area (Å²) in [5.41, 5.74) is 2.70. The van der Waals surface area contributed by atoms with Gasteiger partial charge in [0.2, 0.25) is 5.91 Å². The van der Waals surface area contributed by atoms with Crippen molar-refractivity contribution in [3.8, 4) is 11.5 Å². The highest BCUT2D eigenvalue weighted by Crippen LogP contribution is 2.27. The van der Waals surface area contributed by atoms with Crippen LogP contribution in [0.5, 0.6) is 11.5 Å². The van der Waals surface area contributed by atoms with Crippen LogP contribution >= 0.6 is 0 Å². The Morgan fingerprint density at radius 2 is 1.87 bits per heavy atom. The monoisotopic (exact) mass is 413 g/mol. The molecule has 0 aliphatic rings. The number of carboxylic acid groups (broad SMARTS) is 1. The quantitative estimate of drug-likeness (QED) is 0.441. The van der Waals surface area contributed by atoms with Crippen molar-refractivity contribution in [2.24, 2.45) is 0 Å². The van der Waals surface area contributed by atoms with E-state index in [-0.39, 0.29) is 18.7 Å². The molecular formula is C24H31NO5. The first-order chi connectivity index (χ1) is 14.5. The zero-order valence-electron chi connectivity index (χ0n) is 17.8. The van der Waals surface area contributed by atoms with E-state index in [1.165, 1.54) is 24.8 Å². The van der Waals surface area contributed by atoms with Crippen LogP contribution in [-0.2, 0) is 22.6 Å². The average Bonchev–Trinajstić information content (AvgIpc) is 2.74. The third kappa shape index (κ3) is 8.15. The van der Waals surface area contributed by atoms with Gasteiger partial charge in [0.15, 0.2) is 0 Å². The molecule has 0 radical (unpaired) electrons. The number of carbonyl (C=O) groups excluding carboxylic acids is 1. The molecule has 0 saturated carbocycles. The summed E-state index contributed by atoms with van der Waals surface area (Å²) in [6.07, 6.45) is 5.59. The maximum Gasteiger partial charge on any atom is 0.303 e. The molecule has 30 heavy (non-hydrogen) atoms. The summed E-state index contributed by atoms with van der Waals surface area (Å²) < 4.78 is 11.4. The molecule has 0 spiro atoms. The molecule has 2 aromatic carbocycles. The van der Waals surface area contributed by atoms with Crippen LogP contribution in [0.15, 0.2) is 42.5 Å². The van der Waals surface area contributed by atoms with Gasteiger partial charge in [0.1, 0.15) is 18.1 Å². The van der Waals surface area contributed by atoms with Crippen LogP contribution in [0, 0.1) is 0 Å². The molecule has 0 bridgehead atoms. The van der Waals surface area contributed by atoms with Crippen LogP contribution in [0.4, 0.5) is 5.69 Å². The van der Waals surface area contributed by atoms with E-state index >= 15 is 0 Å². The minimum absolute atomic E-state index is 0.0549. The highest BCUT2D eigenvalue weighted by molar-refractivity contribution is 5.92. The summed E-state index contributed by atoms with van der Waals surface area (Å²) in [6, 6.07) is 13.2. The number of benzene rings is 2. The first-order valence-corrected chi connectivity index (χ1v) is 10.4. The van der Waals surface area contributed by atoms with Gasteiger partial charge in [-0.05, 0) is 42.2 Å². The van der Waals surface area contributed by atoms with Gasteiger partial charge in [0.05, 0.1) is 13.5 Å². The molecule has 1 amide bonds. The minimum atomic E-state index is -0.991. The standard InChI is InChI=1S/C24H31NO5/c1-3-4-5-6-9-19-11-12-21(16-22(19)29-2)30-17-18-8-7-10-20(15-18)25-23(26)13-14-24(27)28/h7-8,10-12,15-16H,3-6,9,13-14,17H2,1-2H3,(H,25,26)(H,27,28). The number of ether oxygens (including phenoxy) is 2. The topological polar surface area (TPSA) is 84.9 Å². The highest BCUT2D eigenvalue weighted by atomic mass is 16.5. The van der Waals surface area contributed by atoms with Crippen molar-refractivity contribution < 1.29 is 24.2 Å². The smallest absolute Gasteiger partial charge is 0.303 e. The Labute approximate surface area is 178 Å². The predicted octanol–water partition coefficient (Wildman–Crippen LogP) is 5.20.